The fraction of sp³-hybridized carbons (Fsp3) is 0.207. The molecule has 0 spiro atoms. The Balaban J connectivity index is 1.59. The molecule has 0 atom stereocenters. The van der Waals surface area contributed by atoms with Gasteiger partial charge in [0.05, 0.1) is 5.39 Å². The van der Waals surface area contributed by atoms with Crippen molar-refractivity contribution in [3.05, 3.63) is 100 Å². The van der Waals surface area contributed by atoms with Crippen LogP contribution < -0.4 is 19.9 Å². The molecule has 0 bridgehead atoms. The molecule has 1 aromatic heterocycles. The molecule has 4 aromatic rings. The largest absolute Gasteiger partial charge is 0.486 e. The lowest BCUT2D eigenvalue weighted by atomic mass is 10.1. The first-order valence-corrected chi connectivity index (χ1v) is 12.1. The Bertz CT molecular complexity index is 1480. The maximum Gasteiger partial charge on any atom is 0.279 e. The predicted octanol–water partition coefficient (Wildman–Crippen LogP) is 4.94. The van der Waals surface area contributed by atoms with Crippen LogP contribution in [0.4, 0.5) is 5.69 Å². The number of aryl methyl sites for hydroxylation is 1. The summed E-state index contributed by atoms with van der Waals surface area (Å²) in [5.74, 6) is 0.945. The van der Waals surface area contributed by atoms with Crippen LogP contribution in [0.1, 0.15) is 29.4 Å². The topological polar surface area (TPSA) is 73.7 Å². The molecule has 5 rings (SSSR count). The third-order valence-corrected chi connectivity index (χ3v) is 5.99. The molecule has 0 unspecified atom stereocenters. The van der Waals surface area contributed by atoms with Crippen LogP contribution in [0.2, 0.25) is 0 Å². The molecule has 0 N–H and O–H groups in total. The molecule has 0 saturated carbocycles. The number of ether oxygens (including phenoxy) is 2. The Morgan fingerprint density at radius 1 is 0.972 bits per heavy atom. The molecular formula is C29H27N3O4. The van der Waals surface area contributed by atoms with E-state index in [0.717, 1.165) is 12.0 Å². The van der Waals surface area contributed by atoms with Gasteiger partial charge in [-0.25, -0.2) is 4.68 Å². The van der Waals surface area contributed by atoms with Crippen LogP contribution in [0.25, 0.3) is 16.8 Å². The van der Waals surface area contributed by atoms with Gasteiger partial charge in [0.2, 0.25) is 0 Å². The fourth-order valence-corrected chi connectivity index (χ4v) is 4.25. The highest BCUT2D eigenvalue weighted by Crippen LogP contribution is 2.34. The van der Waals surface area contributed by atoms with Gasteiger partial charge in [-0.3, -0.25) is 9.59 Å². The van der Waals surface area contributed by atoms with E-state index >= 15 is 0 Å². The van der Waals surface area contributed by atoms with Crippen molar-refractivity contribution < 1.29 is 14.3 Å². The molecule has 0 saturated heterocycles. The minimum Gasteiger partial charge on any atom is -0.486 e. The number of carbonyl (C=O) groups is 1. The number of fused-ring (bicyclic) bond motifs is 2. The molecule has 1 amide bonds. The molecule has 0 radical (unpaired) electrons. The Morgan fingerprint density at radius 2 is 1.69 bits per heavy atom. The van der Waals surface area contributed by atoms with Gasteiger partial charge in [-0.1, -0.05) is 67.6 Å². The summed E-state index contributed by atoms with van der Waals surface area (Å²) >= 11 is 0. The molecule has 0 aliphatic carbocycles. The monoisotopic (exact) mass is 481 g/mol. The highest BCUT2D eigenvalue weighted by atomic mass is 16.6. The van der Waals surface area contributed by atoms with Crippen molar-refractivity contribution in [1.82, 2.24) is 9.78 Å². The van der Waals surface area contributed by atoms with Crippen molar-refractivity contribution >= 4 is 28.4 Å². The molecule has 182 valence electrons. The van der Waals surface area contributed by atoms with E-state index in [1.54, 1.807) is 23.1 Å². The van der Waals surface area contributed by atoms with Crippen molar-refractivity contribution in [2.75, 3.05) is 24.7 Å². The average Bonchev–Trinajstić information content (AvgIpc) is 2.93. The van der Waals surface area contributed by atoms with Crippen LogP contribution in [-0.4, -0.2) is 35.4 Å². The van der Waals surface area contributed by atoms with Crippen LogP contribution in [0, 0.1) is 0 Å². The number of hydrogen-bond donors (Lipinski definition) is 0. The summed E-state index contributed by atoms with van der Waals surface area (Å²) in [7, 11) is 0. The van der Waals surface area contributed by atoms with Crippen molar-refractivity contribution in [3.8, 4) is 11.5 Å². The Kier molecular flexibility index (Phi) is 6.80. The second kappa shape index (κ2) is 10.5. The quantitative estimate of drug-likeness (QED) is 0.374. The van der Waals surface area contributed by atoms with Gasteiger partial charge in [0, 0.05) is 30.2 Å². The van der Waals surface area contributed by atoms with E-state index in [1.165, 1.54) is 4.68 Å². The van der Waals surface area contributed by atoms with Gasteiger partial charge >= 0.3 is 0 Å². The van der Waals surface area contributed by atoms with E-state index in [4.69, 9.17) is 9.47 Å². The lowest BCUT2D eigenvalue weighted by Gasteiger charge is -2.25. The van der Waals surface area contributed by atoms with Gasteiger partial charge in [-0.15, -0.1) is 0 Å². The molecule has 2 heterocycles. The summed E-state index contributed by atoms with van der Waals surface area (Å²) < 4.78 is 12.8. The second-order valence-corrected chi connectivity index (χ2v) is 8.48. The van der Waals surface area contributed by atoms with Gasteiger partial charge in [-0.05, 0) is 30.2 Å². The Labute approximate surface area is 209 Å². The highest BCUT2D eigenvalue weighted by molar-refractivity contribution is 6.12. The molecule has 1 aliphatic rings. The predicted molar refractivity (Wildman–Crippen MR) is 141 cm³/mol. The van der Waals surface area contributed by atoms with E-state index in [0.29, 0.717) is 54.3 Å². The van der Waals surface area contributed by atoms with Crippen molar-refractivity contribution in [2.45, 2.75) is 19.9 Å². The second-order valence-electron chi connectivity index (χ2n) is 8.48. The van der Waals surface area contributed by atoms with Gasteiger partial charge in [0.1, 0.15) is 13.2 Å². The van der Waals surface area contributed by atoms with Gasteiger partial charge in [-0.2, -0.15) is 5.10 Å². The van der Waals surface area contributed by atoms with Crippen molar-refractivity contribution in [1.29, 1.82) is 0 Å². The van der Waals surface area contributed by atoms with Crippen LogP contribution in [0.3, 0.4) is 0 Å². The smallest absolute Gasteiger partial charge is 0.279 e. The van der Waals surface area contributed by atoms with E-state index < -0.39 is 0 Å². The Morgan fingerprint density at radius 3 is 2.47 bits per heavy atom. The summed E-state index contributed by atoms with van der Waals surface area (Å²) in [5.41, 5.74) is 1.73. The fourth-order valence-electron chi connectivity index (χ4n) is 4.25. The number of amides is 1. The third-order valence-electron chi connectivity index (χ3n) is 5.99. The summed E-state index contributed by atoms with van der Waals surface area (Å²) in [6.07, 6.45) is 4.64. The molecule has 7 heteroatoms. The minimum absolute atomic E-state index is 0.196. The van der Waals surface area contributed by atoms with Crippen molar-refractivity contribution in [3.63, 3.8) is 0 Å². The molecule has 1 aliphatic heterocycles. The van der Waals surface area contributed by atoms with Crippen LogP contribution in [0.5, 0.6) is 11.5 Å². The highest BCUT2D eigenvalue weighted by Gasteiger charge is 2.24. The zero-order valence-corrected chi connectivity index (χ0v) is 20.1. The van der Waals surface area contributed by atoms with Crippen LogP contribution in [-0.2, 0) is 6.54 Å². The zero-order chi connectivity index (χ0) is 24.9. The number of nitrogens with zero attached hydrogens (tertiary/aromatic N) is 3. The lowest BCUT2D eigenvalue weighted by Crippen LogP contribution is -2.35. The number of benzene rings is 3. The van der Waals surface area contributed by atoms with Crippen LogP contribution in [0.15, 0.2) is 83.7 Å². The number of aromatic nitrogens is 2. The standard InChI is InChI=1S/C29H27N3O4/c1-2-16-32-28(33)24-13-7-6-12-23(24)27(30-32)29(34)31(17-8-11-21-9-4-3-5-10-21)22-14-15-25-26(20-22)36-19-18-35-25/h3-15,20H,2,16-19H2,1H3/b11-8+. The summed E-state index contributed by atoms with van der Waals surface area (Å²) in [4.78, 5) is 28.7. The first kappa shape index (κ1) is 23.4. The molecule has 3 aromatic carbocycles. The molecular weight excluding hydrogens is 454 g/mol. The summed E-state index contributed by atoms with van der Waals surface area (Å²) in [6, 6.07) is 22.5. The molecule has 7 nitrogen and oxygen atoms in total. The third kappa shape index (κ3) is 4.73. The summed E-state index contributed by atoms with van der Waals surface area (Å²) in [5, 5.41) is 5.54. The minimum atomic E-state index is -0.301. The van der Waals surface area contributed by atoms with E-state index in [9.17, 15) is 9.59 Å². The Hall–Kier alpha value is -4.39. The normalized spacial score (nSPS) is 12.7. The van der Waals surface area contributed by atoms with Gasteiger partial charge in [0.15, 0.2) is 17.2 Å². The maximum absolute atomic E-state index is 14.1. The number of anilines is 1. The maximum atomic E-state index is 14.1. The molecule has 0 fully saturated rings. The average molecular weight is 482 g/mol. The van der Waals surface area contributed by atoms with E-state index in [-0.39, 0.29) is 17.2 Å². The number of carbonyl (C=O) groups excluding carboxylic acids is 1. The lowest BCUT2D eigenvalue weighted by molar-refractivity contribution is 0.0984. The number of hydrogen-bond acceptors (Lipinski definition) is 5. The van der Waals surface area contributed by atoms with Gasteiger partial charge < -0.3 is 14.4 Å². The summed E-state index contributed by atoms with van der Waals surface area (Å²) in [6.45, 7) is 3.65. The van der Waals surface area contributed by atoms with Crippen LogP contribution >= 0.6 is 0 Å². The first-order valence-electron chi connectivity index (χ1n) is 12.1. The molecule has 36 heavy (non-hydrogen) atoms. The number of rotatable bonds is 7. The van der Waals surface area contributed by atoms with E-state index in [1.807, 2.05) is 73.7 Å². The first-order chi connectivity index (χ1) is 17.7. The van der Waals surface area contributed by atoms with Crippen molar-refractivity contribution in [2.24, 2.45) is 0 Å². The zero-order valence-electron chi connectivity index (χ0n) is 20.1. The SMILES string of the molecule is CCCn1nc(C(=O)N(C/C=C/c2ccccc2)c2ccc3c(c2)OCCO3)c2ccccc2c1=O. The van der Waals surface area contributed by atoms with E-state index in [2.05, 4.69) is 5.10 Å². The van der Waals surface area contributed by atoms with Gasteiger partial charge in [0.25, 0.3) is 11.5 Å².